The fraction of sp³-hybridized carbons (Fsp3) is 0.600. The van der Waals surface area contributed by atoms with Crippen LogP contribution in [0.15, 0.2) is 18.2 Å². The molecule has 0 saturated carbocycles. The number of nitrogens with zero attached hydrogens (tertiary/aromatic N) is 1. The van der Waals surface area contributed by atoms with Gasteiger partial charge in [-0.15, -0.1) is 0 Å². The van der Waals surface area contributed by atoms with E-state index in [4.69, 9.17) is 15.2 Å². The van der Waals surface area contributed by atoms with Gasteiger partial charge in [-0.3, -0.25) is 4.90 Å². The summed E-state index contributed by atoms with van der Waals surface area (Å²) in [6.45, 7) is 7.17. The summed E-state index contributed by atoms with van der Waals surface area (Å²) in [4.78, 5) is 2.24. The van der Waals surface area contributed by atoms with Crippen LogP contribution in [0.25, 0.3) is 0 Å². The first-order valence-electron chi connectivity index (χ1n) is 6.72. The lowest BCUT2D eigenvalue weighted by Gasteiger charge is -2.18. The topological polar surface area (TPSA) is 47.7 Å². The third-order valence-electron chi connectivity index (χ3n) is 2.94. The van der Waals surface area contributed by atoms with Gasteiger partial charge in [0.05, 0.1) is 19.8 Å². The van der Waals surface area contributed by atoms with E-state index in [2.05, 4.69) is 37.9 Å². The summed E-state index contributed by atoms with van der Waals surface area (Å²) in [7, 11) is 3.76. The van der Waals surface area contributed by atoms with Crippen LogP contribution in [0.4, 0.5) is 0 Å². The van der Waals surface area contributed by atoms with Gasteiger partial charge >= 0.3 is 0 Å². The molecule has 0 radical (unpaired) electrons. The number of likely N-dealkylation sites (N-methyl/N-ethyl adjacent to an activating group) is 1. The van der Waals surface area contributed by atoms with Crippen molar-refractivity contribution >= 4 is 0 Å². The Kier molecular flexibility index (Phi) is 6.84. The first kappa shape index (κ1) is 16.0. The molecule has 108 valence electrons. The van der Waals surface area contributed by atoms with Gasteiger partial charge in [-0.05, 0) is 38.6 Å². The minimum absolute atomic E-state index is 0.290. The van der Waals surface area contributed by atoms with Crippen molar-refractivity contribution in [2.24, 2.45) is 5.73 Å². The van der Waals surface area contributed by atoms with Gasteiger partial charge in [0.2, 0.25) is 0 Å². The predicted octanol–water partition coefficient (Wildman–Crippen LogP) is 2.01. The molecule has 0 spiro atoms. The van der Waals surface area contributed by atoms with Gasteiger partial charge in [0, 0.05) is 25.2 Å². The van der Waals surface area contributed by atoms with Crippen LogP contribution >= 0.6 is 0 Å². The van der Waals surface area contributed by atoms with Crippen LogP contribution in [0.1, 0.15) is 25.0 Å². The normalized spacial score (nSPS) is 11.3. The molecular weight excluding hydrogens is 240 g/mol. The first-order valence-corrected chi connectivity index (χ1v) is 6.72. The van der Waals surface area contributed by atoms with E-state index >= 15 is 0 Å². The van der Waals surface area contributed by atoms with Crippen LogP contribution in [-0.4, -0.2) is 38.3 Å². The number of benzene rings is 1. The molecule has 0 atom stereocenters. The lowest BCUT2D eigenvalue weighted by atomic mass is 10.1. The van der Waals surface area contributed by atoms with Crippen molar-refractivity contribution < 1.29 is 9.47 Å². The molecule has 0 aromatic heterocycles. The van der Waals surface area contributed by atoms with Gasteiger partial charge in [-0.2, -0.15) is 0 Å². The Labute approximate surface area is 116 Å². The minimum atomic E-state index is 0.290. The molecule has 1 rings (SSSR count). The highest BCUT2D eigenvalue weighted by Gasteiger charge is 2.05. The second kappa shape index (κ2) is 8.15. The Hall–Kier alpha value is -1.10. The lowest BCUT2D eigenvalue weighted by Crippen LogP contribution is -2.24. The molecule has 0 saturated heterocycles. The number of hydrogen-bond acceptors (Lipinski definition) is 4. The third kappa shape index (κ3) is 5.59. The molecule has 19 heavy (non-hydrogen) atoms. The van der Waals surface area contributed by atoms with E-state index in [1.54, 1.807) is 7.11 Å². The molecule has 0 aliphatic carbocycles. The largest absolute Gasteiger partial charge is 0.496 e. The zero-order chi connectivity index (χ0) is 14.3. The molecule has 2 N–H and O–H groups in total. The summed E-state index contributed by atoms with van der Waals surface area (Å²) in [5.74, 6) is 0.858. The third-order valence-corrected chi connectivity index (χ3v) is 2.94. The van der Waals surface area contributed by atoms with Gasteiger partial charge in [-0.1, -0.05) is 6.07 Å². The average Bonchev–Trinajstić information content (AvgIpc) is 2.38. The highest BCUT2D eigenvalue weighted by molar-refractivity contribution is 5.37. The van der Waals surface area contributed by atoms with Crippen molar-refractivity contribution in [1.82, 2.24) is 4.90 Å². The molecular formula is C15H26N2O2. The van der Waals surface area contributed by atoms with Gasteiger partial charge < -0.3 is 15.2 Å². The summed E-state index contributed by atoms with van der Waals surface area (Å²) >= 11 is 0. The van der Waals surface area contributed by atoms with E-state index in [-0.39, 0.29) is 0 Å². The van der Waals surface area contributed by atoms with Crippen LogP contribution in [-0.2, 0) is 17.8 Å². The van der Waals surface area contributed by atoms with Gasteiger partial charge in [0.15, 0.2) is 0 Å². The quantitative estimate of drug-likeness (QED) is 0.782. The molecule has 0 fully saturated rings. The maximum atomic E-state index is 5.73. The van der Waals surface area contributed by atoms with Crippen molar-refractivity contribution in [1.29, 1.82) is 0 Å². The molecule has 0 amide bonds. The van der Waals surface area contributed by atoms with E-state index in [9.17, 15) is 0 Å². The molecule has 0 heterocycles. The number of hydrogen-bond donors (Lipinski definition) is 1. The summed E-state index contributed by atoms with van der Waals surface area (Å²) in [5.41, 5.74) is 8.02. The highest BCUT2D eigenvalue weighted by atomic mass is 16.5. The summed E-state index contributed by atoms with van der Waals surface area (Å²) in [6.07, 6.45) is 0.290. The lowest BCUT2D eigenvalue weighted by molar-refractivity contribution is 0.0627. The molecule has 0 unspecified atom stereocenters. The SMILES string of the molecule is COc1ccc(CN(C)CCOC(C)C)cc1CN. The number of rotatable bonds is 8. The van der Waals surface area contributed by atoms with Crippen LogP contribution < -0.4 is 10.5 Å². The van der Waals surface area contributed by atoms with E-state index in [1.165, 1.54) is 5.56 Å². The fourth-order valence-electron chi connectivity index (χ4n) is 1.92. The minimum Gasteiger partial charge on any atom is -0.496 e. The molecule has 0 aliphatic rings. The fourth-order valence-corrected chi connectivity index (χ4v) is 1.92. The van der Waals surface area contributed by atoms with Gasteiger partial charge in [-0.25, -0.2) is 0 Å². The second-order valence-electron chi connectivity index (χ2n) is 5.01. The van der Waals surface area contributed by atoms with Crippen LogP contribution in [0.5, 0.6) is 5.75 Å². The molecule has 1 aromatic rings. The van der Waals surface area contributed by atoms with Crippen molar-refractivity contribution in [2.75, 3.05) is 27.3 Å². The Morgan fingerprint density at radius 1 is 1.32 bits per heavy atom. The highest BCUT2D eigenvalue weighted by Crippen LogP contribution is 2.19. The molecule has 4 heteroatoms. The van der Waals surface area contributed by atoms with Crippen LogP contribution in [0.2, 0.25) is 0 Å². The maximum Gasteiger partial charge on any atom is 0.123 e. The van der Waals surface area contributed by atoms with E-state index < -0.39 is 0 Å². The summed E-state index contributed by atoms with van der Waals surface area (Å²) in [5, 5.41) is 0. The van der Waals surface area contributed by atoms with E-state index in [0.717, 1.165) is 31.0 Å². The van der Waals surface area contributed by atoms with Crippen molar-refractivity contribution in [3.05, 3.63) is 29.3 Å². The van der Waals surface area contributed by atoms with E-state index in [1.807, 2.05) is 6.07 Å². The van der Waals surface area contributed by atoms with Crippen LogP contribution in [0, 0.1) is 0 Å². The number of methoxy groups -OCH3 is 1. The predicted molar refractivity (Wildman–Crippen MR) is 78.3 cm³/mol. The van der Waals surface area contributed by atoms with Crippen molar-refractivity contribution in [3.63, 3.8) is 0 Å². The van der Waals surface area contributed by atoms with Crippen LogP contribution in [0.3, 0.4) is 0 Å². The second-order valence-corrected chi connectivity index (χ2v) is 5.01. The molecule has 0 aliphatic heterocycles. The van der Waals surface area contributed by atoms with Crippen molar-refractivity contribution in [3.8, 4) is 5.75 Å². The monoisotopic (exact) mass is 266 g/mol. The average molecular weight is 266 g/mol. The van der Waals surface area contributed by atoms with Gasteiger partial charge in [0.25, 0.3) is 0 Å². The molecule has 4 nitrogen and oxygen atoms in total. The Morgan fingerprint density at radius 2 is 2.05 bits per heavy atom. The molecule has 1 aromatic carbocycles. The number of nitrogens with two attached hydrogens (primary N) is 1. The summed E-state index contributed by atoms with van der Waals surface area (Å²) in [6, 6.07) is 6.17. The van der Waals surface area contributed by atoms with E-state index in [0.29, 0.717) is 12.6 Å². The van der Waals surface area contributed by atoms with Crippen molar-refractivity contribution in [2.45, 2.75) is 33.0 Å². The standard InChI is InChI=1S/C15H26N2O2/c1-12(2)19-8-7-17(3)11-13-5-6-15(18-4)14(9-13)10-16/h5-6,9,12H,7-8,10-11,16H2,1-4H3. The summed E-state index contributed by atoms with van der Waals surface area (Å²) < 4.78 is 10.8. The first-order chi connectivity index (χ1) is 9.06. The Morgan fingerprint density at radius 3 is 2.63 bits per heavy atom. The smallest absolute Gasteiger partial charge is 0.123 e. The maximum absolute atomic E-state index is 5.73. The molecule has 0 bridgehead atoms. The number of ether oxygens (including phenoxy) is 2. The Bertz CT molecular complexity index is 380. The zero-order valence-electron chi connectivity index (χ0n) is 12.5. The Balaban J connectivity index is 2.52. The zero-order valence-corrected chi connectivity index (χ0v) is 12.5. The van der Waals surface area contributed by atoms with Gasteiger partial charge in [0.1, 0.15) is 5.75 Å².